The lowest BCUT2D eigenvalue weighted by Crippen LogP contribution is -2.39. The maximum absolute atomic E-state index is 13.0. The average molecular weight is 485 g/mol. The van der Waals surface area contributed by atoms with Crippen LogP contribution in [0, 0.1) is 6.92 Å². The summed E-state index contributed by atoms with van der Waals surface area (Å²) in [5.74, 6) is 0.644. The van der Waals surface area contributed by atoms with Crippen LogP contribution in [0.5, 0.6) is 5.75 Å². The van der Waals surface area contributed by atoms with Gasteiger partial charge in [0, 0.05) is 47.8 Å². The minimum absolute atomic E-state index is 0.0474. The fourth-order valence-corrected chi connectivity index (χ4v) is 4.39. The van der Waals surface area contributed by atoms with Crippen LogP contribution in [0.4, 0.5) is 10.5 Å². The van der Waals surface area contributed by atoms with Crippen LogP contribution >= 0.6 is 22.9 Å². The first-order valence-electron chi connectivity index (χ1n) is 10.7. The topological polar surface area (TPSA) is 74.8 Å². The molecular weight excluding hydrogens is 460 g/mol. The lowest BCUT2D eigenvalue weighted by Gasteiger charge is -2.22. The zero-order valence-corrected chi connectivity index (χ0v) is 19.9. The zero-order valence-electron chi connectivity index (χ0n) is 18.3. The summed E-state index contributed by atoms with van der Waals surface area (Å²) in [5.41, 5.74) is 2.15. The standard InChI is InChI=1S/C24H25ClN4O3S/c1-17-26-21(16-33-17)15-32-22-8-6-18(7-9-22)23(30)28-10-3-11-29(13-12-28)24(31)27-20-5-2-4-19(25)14-20/h2,4-9,14,16H,3,10-13,15H2,1H3,(H,27,31). The van der Waals surface area contributed by atoms with Crippen LogP contribution in [0.3, 0.4) is 0 Å². The molecule has 1 fully saturated rings. The number of ether oxygens (including phenoxy) is 1. The van der Waals surface area contributed by atoms with E-state index in [4.69, 9.17) is 16.3 Å². The Morgan fingerprint density at radius 1 is 1.09 bits per heavy atom. The molecular formula is C24H25ClN4O3S. The Hall–Kier alpha value is -3.10. The van der Waals surface area contributed by atoms with Gasteiger partial charge in [0.15, 0.2) is 0 Å². The number of aromatic nitrogens is 1. The summed E-state index contributed by atoms with van der Waals surface area (Å²) in [7, 11) is 0. The number of aryl methyl sites for hydroxylation is 1. The van der Waals surface area contributed by atoms with E-state index in [0.29, 0.717) is 61.2 Å². The molecule has 2 aromatic carbocycles. The number of anilines is 1. The van der Waals surface area contributed by atoms with Crippen LogP contribution < -0.4 is 10.1 Å². The highest BCUT2D eigenvalue weighted by Gasteiger charge is 2.23. The lowest BCUT2D eigenvalue weighted by molar-refractivity contribution is 0.0762. The highest BCUT2D eigenvalue weighted by atomic mass is 35.5. The van der Waals surface area contributed by atoms with Crippen molar-refractivity contribution < 1.29 is 14.3 Å². The number of amides is 3. The van der Waals surface area contributed by atoms with Crippen LogP contribution in [-0.4, -0.2) is 52.9 Å². The second-order valence-electron chi connectivity index (χ2n) is 7.74. The van der Waals surface area contributed by atoms with E-state index in [1.54, 1.807) is 69.7 Å². The van der Waals surface area contributed by atoms with Gasteiger partial charge in [0.25, 0.3) is 5.91 Å². The van der Waals surface area contributed by atoms with Crippen molar-refractivity contribution in [2.45, 2.75) is 20.0 Å². The van der Waals surface area contributed by atoms with Crippen LogP contribution in [0.1, 0.15) is 27.5 Å². The summed E-state index contributed by atoms with van der Waals surface area (Å²) in [6.07, 6.45) is 0.711. The van der Waals surface area contributed by atoms with Gasteiger partial charge in [-0.1, -0.05) is 17.7 Å². The van der Waals surface area contributed by atoms with E-state index in [1.165, 1.54) is 0 Å². The molecule has 172 valence electrons. The second-order valence-corrected chi connectivity index (χ2v) is 9.24. The first kappa shape index (κ1) is 23.1. The van der Waals surface area contributed by atoms with Gasteiger partial charge in [0.2, 0.25) is 0 Å². The molecule has 4 rings (SSSR count). The van der Waals surface area contributed by atoms with Crippen molar-refractivity contribution in [3.05, 3.63) is 75.2 Å². The molecule has 1 aliphatic heterocycles. The first-order valence-corrected chi connectivity index (χ1v) is 12.0. The largest absolute Gasteiger partial charge is 0.487 e. The van der Waals surface area contributed by atoms with Gasteiger partial charge in [0.05, 0.1) is 10.7 Å². The van der Waals surface area contributed by atoms with Crippen molar-refractivity contribution in [1.29, 1.82) is 0 Å². The number of rotatable bonds is 5. The molecule has 0 aliphatic carbocycles. The van der Waals surface area contributed by atoms with Gasteiger partial charge < -0.3 is 19.9 Å². The molecule has 1 aromatic heterocycles. The molecule has 1 saturated heterocycles. The maximum Gasteiger partial charge on any atom is 0.321 e. The normalized spacial score (nSPS) is 14.0. The molecule has 1 N–H and O–H groups in total. The molecule has 0 bridgehead atoms. The Balaban J connectivity index is 1.30. The highest BCUT2D eigenvalue weighted by Crippen LogP contribution is 2.18. The second kappa shape index (κ2) is 10.7. The van der Waals surface area contributed by atoms with E-state index in [-0.39, 0.29) is 11.9 Å². The van der Waals surface area contributed by atoms with Gasteiger partial charge >= 0.3 is 6.03 Å². The quantitative estimate of drug-likeness (QED) is 0.549. The third kappa shape index (κ3) is 6.24. The summed E-state index contributed by atoms with van der Waals surface area (Å²) >= 11 is 7.58. The average Bonchev–Trinajstić information content (AvgIpc) is 3.07. The first-order chi connectivity index (χ1) is 16.0. The summed E-state index contributed by atoms with van der Waals surface area (Å²) in [6.45, 7) is 4.48. The van der Waals surface area contributed by atoms with Crippen molar-refractivity contribution in [3.8, 4) is 5.75 Å². The molecule has 0 spiro atoms. The Kier molecular flexibility index (Phi) is 7.47. The molecule has 3 aromatic rings. The van der Waals surface area contributed by atoms with Crippen molar-refractivity contribution in [1.82, 2.24) is 14.8 Å². The Morgan fingerprint density at radius 3 is 2.58 bits per heavy atom. The van der Waals surface area contributed by atoms with Crippen molar-refractivity contribution in [3.63, 3.8) is 0 Å². The number of hydrogen-bond acceptors (Lipinski definition) is 5. The van der Waals surface area contributed by atoms with E-state index in [9.17, 15) is 9.59 Å². The Labute approximate surface area is 201 Å². The third-order valence-corrected chi connectivity index (χ3v) is 6.36. The summed E-state index contributed by atoms with van der Waals surface area (Å²) in [5, 5.41) is 6.42. The Morgan fingerprint density at radius 2 is 1.85 bits per heavy atom. The van der Waals surface area contributed by atoms with E-state index in [1.807, 2.05) is 12.3 Å². The number of thiazole rings is 1. The monoisotopic (exact) mass is 484 g/mol. The van der Waals surface area contributed by atoms with Crippen LogP contribution in [0.15, 0.2) is 53.9 Å². The van der Waals surface area contributed by atoms with Crippen molar-refractivity contribution in [2.24, 2.45) is 0 Å². The van der Waals surface area contributed by atoms with Gasteiger partial charge in [-0.25, -0.2) is 9.78 Å². The fraction of sp³-hybridized carbons (Fsp3) is 0.292. The molecule has 0 unspecified atom stereocenters. The maximum atomic E-state index is 13.0. The molecule has 0 atom stereocenters. The molecule has 0 radical (unpaired) electrons. The number of nitrogens with one attached hydrogen (secondary N) is 1. The van der Waals surface area contributed by atoms with Crippen LogP contribution in [0.25, 0.3) is 0 Å². The van der Waals surface area contributed by atoms with Gasteiger partial charge in [-0.15, -0.1) is 11.3 Å². The molecule has 7 nitrogen and oxygen atoms in total. The number of nitrogens with zero attached hydrogens (tertiary/aromatic N) is 3. The number of carbonyl (C=O) groups is 2. The number of carbonyl (C=O) groups excluding carboxylic acids is 2. The number of halogens is 1. The Bertz CT molecular complexity index is 1120. The number of hydrogen-bond donors (Lipinski definition) is 1. The molecule has 1 aliphatic rings. The van der Waals surface area contributed by atoms with Crippen LogP contribution in [-0.2, 0) is 6.61 Å². The highest BCUT2D eigenvalue weighted by molar-refractivity contribution is 7.09. The van der Waals surface area contributed by atoms with Gasteiger partial charge in [-0.2, -0.15) is 0 Å². The zero-order chi connectivity index (χ0) is 23.2. The van der Waals surface area contributed by atoms with E-state index < -0.39 is 0 Å². The molecule has 33 heavy (non-hydrogen) atoms. The van der Waals surface area contributed by atoms with E-state index in [2.05, 4.69) is 10.3 Å². The molecule has 9 heteroatoms. The number of urea groups is 1. The fourth-order valence-electron chi connectivity index (χ4n) is 3.60. The minimum Gasteiger partial charge on any atom is -0.487 e. The minimum atomic E-state index is -0.191. The van der Waals surface area contributed by atoms with Crippen molar-refractivity contribution in [2.75, 3.05) is 31.5 Å². The van der Waals surface area contributed by atoms with Gasteiger partial charge in [-0.05, 0) is 55.8 Å². The van der Waals surface area contributed by atoms with Crippen LogP contribution in [0.2, 0.25) is 5.02 Å². The third-order valence-electron chi connectivity index (χ3n) is 5.30. The lowest BCUT2D eigenvalue weighted by atomic mass is 10.2. The molecule has 2 heterocycles. The van der Waals surface area contributed by atoms with Gasteiger partial charge in [0.1, 0.15) is 12.4 Å². The molecule has 3 amide bonds. The SMILES string of the molecule is Cc1nc(COc2ccc(C(=O)N3CCCN(C(=O)Nc4cccc(Cl)c4)CC3)cc2)cs1. The summed E-state index contributed by atoms with van der Waals surface area (Å²) in [4.78, 5) is 33.5. The predicted molar refractivity (Wildman–Crippen MR) is 130 cm³/mol. The summed E-state index contributed by atoms with van der Waals surface area (Å²) in [6, 6.07) is 14.0. The smallest absolute Gasteiger partial charge is 0.321 e. The summed E-state index contributed by atoms with van der Waals surface area (Å²) < 4.78 is 5.76. The number of benzene rings is 2. The van der Waals surface area contributed by atoms with Crippen molar-refractivity contribution >= 4 is 40.6 Å². The molecule has 0 saturated carbocycles. The van der Waals surface area contributed by atoms with E-state index in [0.717, 1.165) is 10.7 Å². The predicted octanol–water partition coefficient (Wildman–Crippen LogP) is 5.06. The van der Waals surface area contributed by atoms with E-state index >= 15 is 0 Å². The van der Waals surface area contributed by atoms with Gasteiger partial charge in [-0.3, -0.25) is 4.79 Å².